The lowest BCUT2D eigenvalue weighted by Crippen LogP contribution is -2.33. The van der Waals surface area contributed by atoms with Crippen LogP contribution in [0.15, 0.2) is 163 Å². The van der Waals surface area contributed by atoms with E-state index in [0.29, 0.717) is 23.7 Å². The third kappa shape index (κ3) is 4.57. The number of nitrogens with zero attached hydrogens (tertiary/aromatic N) is 2. The fourth-order valence-electron chi connectivity index (χ4n) is 10.7. The van der Waals surface area contributed by atoms with Crippen molar-refractivity contribution >= 4 is 34.3 Å². The number of aromatic nitrogens is 1. The van der Waals surface area contributed by atoms with Gasteiger partial charge in [0.15, 0.2) is 0 Å². The zero-order valence-electron chi connectivity index (χ0n) is 30.5. The molecule has 6 aliphatic rings. The molecule has 2 heterocycles. The molecule has 4 atom stereocenters. The topological polar surface area (TPSA) is 8.17 Å². The number of benzene rings is 4. The Morgan fingerprint density at radius 1 is 0.755 bits per heavy atom. The summed E-state index contributed by atoms with van der Waals surface area (Å²) in [5, 5.41) is 4.03. The van der Waals surface area contributed by atoms with E-state index in [9.17, 15) is 0 Å². The minimum absolute atomic E-state index is 0.0896. The molecule has 0 bridgehead atoms. The molecule has 0 radical (unpaired) electrons. The Bertz CT molecular complexity index is 2680. The fraction of sp³-hybridized carbons (Fsp3) is 0.216. The zero-order valence-corrected chi connectivity index (χ0v) is 30.5. The van der Waals surface area contributed by atoms with Crippen molar-refractivity contribution in [3.63, 3.8) is 0 Å². The number of rotatable bonds is 4. The molecule has 4 aromatic carbocycles. The van der Waals surface area contributed by atoms with Crippen LogP contribution < -0.4 is 15.5 Å². The molecular weight excluding hydrogens is 641 g/mol. The molecule has 1 aliphatic heterocycles. The van der Waals surface area contributed by atoms with Crippen LogP contribution in [0.2, 0.25) is 0 Å². The lowest BCUT2D eigenvalue weighted by molar-refractivity contribution is 0.384. The summed E-state index contributed by atoms with van der Waals surface area (Å²) in [7, 11) is 0. The van der Waals surface area contributed by atoms with Crippen LogP contribution in [0.25, 0.3) is 34.3 Å². The Morgan fingerprint density at radius 3 is 2.51 bits per heavy atom. The minimum atomic E-state index is 0.0896. The van der Waals surface area contributed by atoms with Gasteiger partial charge in [-0.15, -0.1) is 0 Å². The second kappa shape index (κ2) is 11.7. The molecule has 53 heavy (non-hydrogen) atoms. The molecule has 5 aromatic rings. The van der Waals surface area contributed by atoms with Gasteiger partial charge in [0.2, 0.25) is 0 Å². The Morgan fingerprint density at radius 2 is 1.60 bits per heavy atom. The quantitative estimate of drug-likeness (QED) is 0.183. The van der Waals surface area contributed by atoms with Gasteiger partial charge in [0.05, 0.1) is 5.52 Å². The van der Waals surface area contributed by atoms with Gasteiger partial charge < -0.3 is 9.47 Å². The highest BCUT2D eigenvalue weighted by Gasteiger charge is 2.50. The van der Waals surface area contributed by atoms with Gasteiger partial charge in [0.1, 0.15) is 0 Å². The van der Waals surface area contributed by atoms with Crippen molar-refractivity contribution in [1.82, 2.24) is 4.57 Å². The largest absolute Gasteiger partial charge is 0.316 e. The highest BCUT2D eigenvalue weighted by atomic mass is 15.2. The Balaban J connectivity index is 0.989. The van der Waals surface area contributed by atoms with Crippen molar-refractivity contribution in [1.29, 1.82) is 0 Å². The Hall–Kier alpha value is -5.60. The van der Waals surface area contributed by atoms with E-state index in [1.807, 2.05) is 0 Å². The third-order valence-electron chi connectivity index (χ3n) is 13.2. The van der Waals surface area contributed by atoms with E-state index in [1.165, 1.54) is 77.6 Å². The highest BCUT2D eigenvalue weighted by Crippen LogP contribution is 2.59. The first-order chi connectivity index (χ1) is 26.1. The molecule has 0 fully saturated rings. The van der Waals surface area contributed by atoms with Crippen molar-refractivity contribution in [3.05, 3.63) is 195 Å². The lowest BCUT2D eigenvalue weighted by atomic mass is 9.73. The lowest BCUT2D eigenvalue weighted by Gasteiger charge is -2.37. The molecule has 0 spiro atoms. The normalized spacial score (nSPS) is 24.5. The van der Waals surface area contributed by atoms with E-state index in [1.54, 1.807) is 0 Å². The van der Waals surface area contributed by atoms with Gasteiger partial charge in [-0.1, -0.05) is 141 Å². The van der Waals surface area contributed by atoms with Crippen LogP contribution in [0, 0.1) is 11.8 Å². The summed E-state index contributed by atoms with van der Waals surface area (Å²) in [6.07, 6.45) is 28.5. The van der Waals surface area contributed by atoms with E-state index < -0.39 is 0 Å². The molecule has 2 heteroatoms. The van der Waals surface area contributed by atoms with Gasteiger partial charge in [0.25, 0.3) is 0 Å². The number of para-hydroxylation sites is 2. The molecule has 258 valence electrons. The number of hydrogen-bond acceptors (Lipinski definition) is 1. The first-order valence-corrected chi connectivity index (χ1v) is 19.6. The molecule has 0 saturated heterocycles. The minimum Gasteiger partial charge on any atom is -0.316 e. The van der Waals surface area contributed by atoms with Gasteiger partial charge in [0, 0.05) is 56.5 Å². The Kier molecular flexibility index (Phi) is 6.84. The van der Waals surface area contributed by atoms with Crippen molar-refractivity contribution in [3.8, 4) is 5.69 Å². The van der Waals surface area contributed by atoms with Crippen LogP contribution in [0.1, 0.15) is 73.6 Å². The van der Waals surface area contributed by atoms with Crippen molar-refractivity contribution in [2.24, 2.45) is 11.8 Å². The maximum atomic E-state index is 2.64. The molecular formula is C51H44N2. The SMILES string of the molecule is CC1(C)c2ccccc2C2C(N3C4=CC=C(C5C=c6c(n(-c7cccc(C8=CCCC=C8)c7)c7ccccc67)=CC5)CC4c4ccccc43)=CC=CC21. The summed E-state index contributed by atoms with van der Waals surface area (Å²) in [4.78, 5) is 2.64. The van der Waals surface area contributed by atoms with Crippen LogP contribution in [0.3, 0.4) is 0 Å². The molecule has 1 aromatic heterocycles. The number of hydrogen-bond donors (Lipinski definition) is 0. The van der Waals surface area contributed by atoms with Crippen molar-refractivity contribution in [2.75, 3.05) is 4.90 Å². The van der Waals surface area contributed by atoms with Gasteiger partial charge in [-0.25, -0.2) is 0 Å². The second-order valence-corrected chi connectivity index (χ2v) is 16.3. The number of fused-ring (bicyclic) bond motifs is 9. The van der Waals surface area contributed by atoms with Crippen LogP contribution in [-0.4, -0.2) is 4.57 Å². The predicted molar refractivity (Wildman–Crippen MR) is 221 cm³/mol. The second-order valence-electron chi connectivity index (χ2n) is 16.3. The van der Waals surface area contributed by atoms with Crippen molar-refractivity contribution in [2.45, 2.75) is 56.8 Å². The highest BCUT2D eigenvalue weighted by molar-refractivity contribution is 5.85. The van der Waals surface area contributed by atoms with E-state index in [-0.39, 0.29) is 5.41 Å². The maximum Gasteiger partial charge on any atom is 0.0540 e. The molecule has 0 N–H and O–H groups in total. The van der Waals surface area contributed by atoms with Crippen molar-refractivity contribution < 1.29 is 0 Å². The summed E-state index contributed by atoms with van der Waals surface area (Å²) < 4.78 is 2.49. The average molecular weight is 685 g/mol. The Labute approximate surface area is 312 Å². The molecule has 0 amide bonds. The number of anilines is 1. The van der Waals surface area contributed by atoms with Crippen LogP contribution >= 0.6 is 0 Å². The molecule has 0 saturated carbocycles. The molecule has 4 unspecified atom stereocenters. The summed E-state index contributed by atoms with van der Waals surface area (Å²) >= 11 is 0. The molecule has 2 nitrogen and oxygen atoms in total. The van der Waals surface area contributed by atoms with E-state index in [2.05, 4.69) is 181 Å². The zero-order chi connectivity index (χ0) is 35.3. The average Bonchev–Trinajstić information content (AvgIpc) is 3.81. The summed E-state index contributed by atoms with van der Waals surface area (Å²) in [5.74, 6) is 1.50. The van der Waals surface area contributed by atoms with Gasteiger partial charge in [-0.05, 0) is 101 Å². The van der Waals surface area contributed by atoms with Gasteiger partial charge in [-0.3, -0.25) is 0 Å². The summed E-state index contributed by atoms with van der Waals surface area (Å²) in [6, 6.07) is 36.5. The van der Waals surface area contributed by atoms with E-state index >= 15 is 0 Å². The smallest absolute Gasteiger partial charge is 0.0540 e. The summed E-state index contributed by atoms with van der Waals surface area (Å²) in [6.45, 7) is 4.87. The van der Waals surface area contributed by atoms with E-state index in [0.717, 1.165) is 25.7 Å². The van der Waals surface area contributed by atoms with Gasteiger partial charge in [-0.2, -0.15) is 0 Å². The molecule has 11 rings (SSSR count). The third-order valence-corrected chi connectivity index (χ3v) is 13.2. The summed E-state index contributed by atoms with van der Waals surface area (Å²) in [5.41, 5.74) is 15.4. The monoisotopic (exact) mass is 684 g/mol. The van der Waals surface area contributed by atoms with Gasteiger partial charge >= 0.3 is 0 Å². The maximum absolute atomic E-state index is 2.64. The first-order valence-electron chi connectivity index (χ1n) is 19.6. The van der Waals surface area contributed by atoms with E-state index in [4.69, 9.17) is 0 Å². The van der Waals surface area contributed by atoms with Crippen LogP contribution in [0.4, 0.5) is 5.69 Å². The fourth-order valence-corrected chi connectivity index (χ4v) is 10.7. The standard InChI is InChI=1S/C51H44N2/c1-51(2)43-21-9-6-20-40(43)50-44(51)22-13-25-49(50)53-46-24-11-8-19-39(46)42-32-36(27-29-48(42)53)35-26-28-47-41(31-35)38-18-7-10-23-45(38)52(47)37-17-12-16-34(30-37)33-14-4-3-5-15-33/h4,6-25,27-31,35,42,44,50H,3,5,26,32H2,1-2H3. The first kappa shape index (κ1) is 31.0. The number of allylic oxidation sites excluding steroid dienone is 12. The van der Waals surface area contributed by atoms with Crippen LogP contribution in [-0.2, 0) is 5.41 Å². The predicted octanol–water partition coefficient (Wildman–Crippen LogP) is 10.9. The molecule has 5 aliphatic carbocycles. The van der Waals surface area contributed by atoms with Crippen LogP contribution in [0.5, 0.6) is 0 Å².